The van der Waals surface area contributed by atoms with Crippen LogP contribution in [0.3, 0.4) is 0 Å². The lowest BCUT2D eigenvalue weighted by atomic mass is 9.94. The maximum Gasteiger partial charge on any atom is 0.513 e. The summed E-state index contributed by atoms with van der Waals surface area (Å²) in [4.78, 5) is 49.0. The Morgan fingerprint density at radius 1 is 1.26 bits per heavy atom. The summed E-state index contributed by atoms with van der Waals surface area (Å²) in [5.41, 5.74) is 5.70. The van der Waals surface area contributed by atoms with E-state index in [1.807, 2.05) is 39.8 Å². The lowest BCUT2D eigenvalue weighted by Gasteiger charge is -2.38. The molecule has 13 heteroatoms. The first-order valence-electron chi connectivity index (χ1n) is 12.3. The summed E-state index contributed by atoms with van der Waals surface area (Å²) in [7, 11) is 0. The van der Waals surface area contributed by atoms with Crippen molar-refractivity contribution >= 4 is 30.0 Å². The highest BCUT2D eigenvalue weighted by Gasteiger charge is 2.36. The van der Waals surface area contributed by atoms with Crippen molar-refractivity contribution in [2.24, 2.45) is 16.6 Å². The molecule has 0 aromatic heterocycles. The Labute approximate surface area is 226 Å². The Morgan fingerprint density at radius 3 is 2.46 bits per heavy atom. The van der Waals surface area contributed by atoms with Gasteiger partial charge in [0.25, 0.3) is 5.69 Å². The summed E-state index contributed by atoms with van der Waals surface area (Å²) in [6.07, 6.45) is 7.29. The van der Waals surface area contributed by atoms with E-state index in [9.17, 15) is 19.7 Å². The van der Waals surface area contributed by atoms with Crippen LogP contribution >= 0.6 is 0 Å². The van der Waals surface area contributed by atoms with E-state index >= 15 is 0 Å². The molecule has 210 valence electrons. The van der Waals surface area contributed by atoms with Gasteiger partial charge in [-0.2, -0.15) is 0 Å². The van der Waals surface area contributed by atoms with Gasteiger partial charge in [-0.1, -0.05) is 18.6 Å². The van der Waals surface area contributed by atoms with Gasteiger partial charge in [0, 0.05) is 23.7 Å². The average molecular weight is 544 g/mol. The van der Waals surface area contributed by atoms with Crippen LogP contribution in [0.25, 0.3) is 0 Å². The fourth-order valence-corrected chi connectivity index (χ4v) is 4.03. The van der Waals surface area contributed by atoms with Gasteiger partial charge >= 0.3 is 12.2 Å². The Bertz CT molecular complexity index is 1180. The first kappa shape index (κ1) is 30.7. The molecule has 1 aromatic rings. The van der Waals surface area contributed by atoms with Crippen molar-refractivity contribution in [3.05, 3.63) is 57.8 Å². The third-order valence-electron chi connectivity index (χ3n) is 5.61. The fraction of sp³-hybridized carbons (Fsp3) is 0.462. The molecule has 2 aliphatic rings. The first-order valence-corrected chi connectivity index (χ1v) is 12.3. The van der Waals surface area contributed by atoms with Gasteiger partial charge in [0.2, 0.25) is 12.0 Å². The van der Waals surface area contributed by atoms with Gasteiger partial charge in [0.05, 0.1) is 11.0 Å². The summed E-state index contributed by atoms with van der Waals surface area (Å²) < 4.78 is 16.2. The van der Waals surface area contributed by atoms with Crippen LogP contribution in [-0.2, 0) is 14.3 Å². The second-order valence-electron chi connectivity index (χ2n) is 9.81. The van der Waals surface area contributed by atoms with Crippen LogP contribution in [0.5, 0.6) is 5.75 Å². The number of carbonyl (C=O) groups is 2. The standard InChI is InChI=1S/C24H30N2O7.C2H3N3O/c1-16-9-10-17-7-5-6-8-18(21(17)25(16)22(27)33-24(2,3)4)15-31-23(28)32-20-13-11-19(12-14-20)26(29)30;3-2(4)5-1-6/h9-14,16,18H,5-8,15H2,1-4H3;(H3,3,4). The normalized spacial score (nSPS) is 18.3. The predicted octanol–water partition coefficient (Wildman–Crippen LogP) is 4.97. The molecule has 0 saturated heterocycles. The second-order valence-corrected chi connectivity index (χ2v) is 9.81. The third kappa shape index (κ3) is 9.71. The third-order valence-corrected chi connectivity index (χ3v) is 5.61. The van der Waals surface area contributed by atoms with Gasteiger partial charge in [-0.05, 0) is 64.7 Å². The molecule has 1 aliphatic heterocycles. The van der Waals surface area contributed by atoms with Crippen molar-refractivity contribution in [1.82, 2.24) is 4.90 Å². The van der Waals surface area contributed by atoms with E-state index in [2.05, 4.69) is 10.7 Å². The SMILES string of the molecule is CC1C=CC2=C(C(COC(=O)Oc3ccc([N+](=O)[O-])cc3)CCCC2)N1C(=O)OC(C)(C)C.N=C(N)N=C=O. The Kier molecular flexibility index (Phi) is 10.9. The molecule has 3 N–H and O–H groups in total. The molecule has 3 rings (SSSR count). The Balaban J connectivity index is 0.000000798. The number of benzene rings is 1. The number of hydrogen-bond acceptors (Lipinski definition) is 9. The number of hydrogen-bond donors (Lipinski definition) is 2. The predicted molar refractivity (Wildman–Crippen MR) is 141 cm³/mol. The van der Waals surface area contributed by atoms with Crippen molar-refractivity contribution in [3.8, 4) is 5.75 Å². The van der Waals surface area contributed by atoms with Crippen molar-refractivity contribution in [1.29, 1.82) is 5.41 Å². The van der Waals surface area contributed by atoms with E-state index in [0.29, 0.717) is 0 Å². The number of nitrogens with one attached hydrogen (secondary N) is 1. The number of nitrogens with zero attached hydrogens (tertiary/aromatic N) is 3. The minimum atomic E-state index is -0.904. The number of nitro groups is 1. The highest BCUT2D eigenvalue weighted by molar-refractivity contribution is 5.80. The van der Waals surface area contributed by atoms with Gasteiger partial charge in [-0.3, -0.25) is 20.4 Å². The minimum absolute atomic E-state index is 0.0461. The quantitative estimate of drug-likeness (QED) is 0.100. The fourth-order valence-electron chi connectivity index (χ4n) is 4.03. The van der Waals surface area contributed by atoms with Gasteiger partial charge < -0.3 is 19.9 Å². The summed E-state index contributed by atoms with van der Waals surface area (Å²) >= 11 is 0. The Morgan fingerprint density at radius 2 is 1.92 bits per heavy atom. The van der Waals surface area contributed by atoms with Crippen LogP contribution in [0.2, 0.25) is 0 Å². The van der Waals surface area contributed by atoms with Crippen molar-refractivity contribution in [3.63, 3.8) is 0 Å². The molecule has 13 nitrogen and oxygen atoms in total. The lowest BCUT2D eigenvalue weighted by Crippen LogP contribution is -2.44. The van der Waals surface area contributed by atoms with E-state index in [0.717, 1.165) is 43.0 Å². The number of allylic oxidation sites excluding steroid dienone is 2. The van der Waals surface area contributed by atoms with Crippen LogP contribution in [0.1, 0.15) is 53.4 Å². The number of carbonyl (C=O) groups excluding carboxylic acids is 3. The lowest BCUT2D eigenvalue weighted by molar-refractivity contribution is -0.384. The molecule has 0 fully saturated rings. The summed E-state index contributed by atoms with van der Waals surface area (Å²) in [5, 5.41) is 17.0. The molecular weight excluding hydrogens is 510 g/mol. The van der Waals surface area contributed by atoms with Gasteiger partial charge in [-0.15, -0.1) is 4.99 Å². The largest absolute Gasteiger partial charge is 0.513 e. The number of nitro benzene ring substituents is 1. The van der Waals surface area contributed by atoms with Gasteiger partial charge in [0.1, 0.15) is 18.0 Å². The van der Waals surface area contributed by atoms with Gasteiger partial charge in [-0.25, -0.2) is 14.4 Å². The topological polar surface area (TPSA) is 188 Å². The molecule has 0 saturated carbocycles. The first-order chi connectivity index (χ1) is 18.3. The molecule has 0 spiro atoms. The van der Waals surface area contributed by atoms with Crippen LogP contribution < -0.4 is 10.5 Å². The van der Waals surface area contributed by atoms with E-state index in [-0.39, 0.29) is 30.0 Å². The number of rotatable bonds is 4. The van der Waals surface area contributed by atoms with Crippen LogP contribution in [0.15, 0.2) is 52.7 Å². The number of aliphatic imine (C=N–C) groups is 1. The smallest absolute Gasteiger partial charge is 0.443 e. The van der Waals surface area contributed by atoms with Gasteiger partial charge in [0.15, 0.2) is 0 Å². The number of nitrogens with two attached hydrogens (primary N) is 1. The van der Waals surface area contributed by atoms with Crippen LogP contribution in [0.4, 0.5) is 15.3 Å². The minimum Gasteiger partial charge on any atom is -0.443 e. The van der Waals surface area contributed by atoms with E-state index in [4.69, 9.17) is 24.4 Å². The zero-order valence-corrected chi connectivity index (χ0v) is 22.3. The highest BCUT2D eigenvalue weighted by atomic mass is 16.7. The summed E-state index contributed by atoms with van der Waals surface area (Å²) in [6.45, 7) is 7.45. The Hall–Kier alpha value is -4.51. The number of isocyanates is 1. The maximum atomic E-state index is 13.0. The number of guanidine groups is 1. The zero-order valence-electron chi connectivity index (χ0n) is 22.3. The molecule has 1 aromatic carbocycles. The number of amides is 1. The van der Waals surface area contributed by atoms with Crippen molar-refractivity contribution in [2.45, 2.75) is 65.0 Å². The van der Waals surface area contributed by atoms with Crippen molar-refractivity contribution in [2.75, 3.05) is 6.61 Å². The number of ether oxygens (including phenoxy) is 3. The summed E-state index contributed by atoms with van der Waals surface area (Å²) in [6, 6.07) is 4.98. The van der Waals surface area contributed by atoms with E-state index in [1.54, 1.807) is 4.90 Å². The number of non-ortho nitro benzene ring substituents is 1. The molecule has 0 bridgehead atoms. The van der Waals surface area contributed by atoms with Crippen LogP contribution in [0, 0.1) is 21.4 Å². The molecule has 39 heavy (non-hydrogen) atoms. The van der Waals surface area contributed by atoms with E-state index < -0.39 is 28.7 Å². The molecule has 1 heterocycles. The molecule has 1 aliphatic carbocycles. The zero-order chi connectivity index (χ0) is 29.2. The molecule has 2 unspecified atom stereocenters. The van der Waals surface area contributed by atoms with E-state index in [1.165, 1.54) is 24.3 Å². The molecule has 0 radical (unpaired) electrons. The monoisotopic (exact) mass is 543 g/mol. The molecular formula is C26H33N5O8. The molecule has 2 atom stereocenters. The van der Waals surface area contributed by atoms with Crippen molar-refractivity contribution < 1.29 is 33.5 Å². The second kappa shape index (κ2) is 13.9. The highest BCUT2D eigenvalue weighted by Crippen LogP contribution is 2.37. The molecule has 1 amide bonds. The van der Waals surface area contributed by atoms with Crippen LogP contribution in [-0.4, -0.2) is 52.4 Å². The summed E-state index contributed by atoms with van der Waals surface area (Å²) in [5.74, 6) is -0.548. The average Bonchev–Trinajstić information content (AvgIpc) is 3.04. The maximum absolute atomic E-state index is 13.0.